The van der Waals surface area contributed by atoms with Crippen molar-refractivity contribution in [2.75, 3.05) is 20.1 Å². The molecule has 1 aliphatic heterocycles. The first kappa shape index (κ1) is 22.7. The second-order valence-corrected chi connectivity index (χ2v) is 6.68. The van der Waals surface area contributed by atoms with E-state index in [1.54, 1.807) is 7.05 Å². The third-order valence-electron chi connectivity index (χ3n) is 4.99. The van der Waals surface area contributed by atoms with Crippen molar-refractivity contribution < 1.29 is 4.79 Å². The second-order valence-electron chi connectivity index (χ2n) is 6.68. The van der Waals surface area contributed by atoms with Crippen LogP contribution in [-0.2, 0) is 17.9 Å². The van der Waals surface area contributed by atoms with Crippen LogP contribution in [0, 0.1) is 5.92 Å². The summed E-state index contributed by atoms with van der Waals surface area (Å²) in [5.74, 6) is 1.74. The van der Waals surface area contributed by atoms with E-state index in [0.717, 1.165) is 38.6 Å². The Hall–Kier alpha value is -1.31. The fourth-order valence-electron chi connectivity index (χ4n) is 3.15. The van der Waals surface area contributed by atoms with Gasteiger partial charge in [-0.25, -0.2) is 0 Å². The molecule has 0 aromatic heterocycles. The van der Waals surface area contributed by atoms with E-state index in [2.05, 4.69) is 41.6 Å². The number of benzene rings is 1. The van der Waals surface area contributed by atoms with Gasteiger partial charge in [0.2, 0.25) is 5.91 Å². The van der Waals surface area contributed by atoms with Crippen molar-refractivity contribution in [3.05, 3.63) is 35.4 Å². The SMILES string of the molecule is CCC(CC)CNC(=NC)NCCCC(=O)N1Cc2ccccc2C1.I. The standard InChI is InChI=1S/C20H32N4O.HI/c1-4-16(5-2)13-23-20(21-3)22-12-8-11-19(25)24-14-17-9-6-7-10-18(17)15-24;/h6-7,9-10,16H,4-5,8,11-15H2,1-3H3,(H2,21,22,23);1H. The minimum absolute atomic E-state index is 0. The van der Waals surface area contributed by atoms with E-state index in [1.807, 2.05) is 17.0 Å². The van der Waals surface area contributed by atoms with Crippen LogP contribution < -0.4 is 10.6 Å². The quantitative estimate of drug-likeness (QED) is 0.264. The Morgan fingerprint density at radius 3 is 2.31 bits per heavy atom. The molecule has 0 spiro atoms. The maximum Gasteiger partial charge on any atom is 0.223 e. The lowest BCUT2D eigenvalue weighted by Crippen LogP contribution is -2.40. The first-order valence-electron chi connectivity index (χ1n) is 9.47. The molecule has 0 saturated carbocycles. The monoisotopic (exact) mass is 472 g/mol. The molecule has 1 aromatic carbocycles. The van der Waals surface area contributed by atoms with Crippen LogP contribution >= 0.6 is 24.0 Å². The van der Waals surface area contributed by atoms with Crippen molar-refractivity contribution in [2.24, 2.45) is 10.9 Å². The van der Waals surface area contributed by atoms with Crippen LogP contribution in [0.3, 0.4) is 0 Å². The summed E-state index contributed by atoms with van der Waals surface area (Å²) in [7, 11) is 1.79. The molecule has 5 nitrogen and oxygen atoms in total. The van der Waals surface area contributed by atoms with Crippen LogP contribution in [0.5, 0.6) is 0 Å². The summed E-state index contributed by atoms with van der Waals surface area (Å²) < 4.78 is 0. The molecular weight excluding hydrogens is 439 g/mol. The number of nitrogens with zero attached hydrogens (tertiary/aromatic N) is 2. The molecule has 2 rings (SSSR count). The number of carbonyl (C=O) groups excluding carboxylic acids is 1. The van der Waals surface area contributed by atoms with Gasteiger partial charge < -0.3 is 15.5 Å². The third-order valence-corrected chi connectivity index (χ3v) is 4.99. The Balaban J connectivity index is 0.00000338. The van der Waals surface area contributed by atoms with Gasteiger partial charge in [-0.05, 0) is 23.5 Å². The van der Waals surface area contributed by atoms with E-state index < -0.39 is 0 Å². The predicted molar refractivity (Wildman–Crippen MR) is 119 cm³/mol. The highest BCUT2D eigenvalue weighted by Crippen LogP contribution is 2.22. The van der Waals surface area contributed by atoms with Gasteiger partial charge in [0.15, 0.2) is 5.96 Å². The number of rotatable bonds is 8. The summed E-state index contributed by atoms with van der Waals surface area (Å²) in [6.45, 7) is 7.64. The molecule has 1 aromatic rings. The Labute approximate surface area is 175 Å². The second kappa shape index (κ2) is 12.1. The molecule has 0 aliphatic carbocycles. The Kier molecular flexibility index (Phi) is 10.6. The van der Waals surface area contributed by atoms with Gasteiger partial charge in [-0.3, -0.25) is 9.79 Å². The minimum atomic E-state index is 0. The molecule has 1 aliphatic rings. The summed E-state index contributed by atoms with van der Waals surface area (Å²) in [4.78, 5) is 18.6. The van der Waals surface area contributed by atoms with Crippen LogP contribution in [0.1, 0.15) is 50.7 Å². The van der Waals surface area contributed by atoms with Crippen LogP contribution in [-0.4, -0.2) is 36.9 Å². The van der Waals surface area contributed by atoms with Crippen molar-refractivity contribution in [1.29, 1.82) is 0 Å². The van der Waals surface area contributed by atoms with Gasteiger partial charge >= 0.3 is 0 Å². The molecule has 146 valence electrons. The van der Waals surface area contributed by atoms with Gasteiger partial charge in [-0.15, -0.1) is 24.0 Å². The van der Waals surface area contributed by atoms with Gasteiger partial charge in [-0.2, -0.15) is 0 Å². The number of nitrogens with one attached hydrogen (secondary N) is 2. The molecule has 0 fully saturated rings. The molecule has 0 unspecified atom stereocenters. The van der Waals surface area contributed by atoms with Crippen molar-refractivity contribution in [3.63, 3.8) is 0 Å². The molecule has 1 heterocycles. The lowest BCUT2D eigenvalue weighted by molar-refractivity contribution is -0.131. The van der Waals surface area contributed by atoms with Gasteiger partial charge in [-0.1, -0.05) is 51.0 Å². The zero-order valence-corrected chi connectivity index (χ0v) is 18.6. The van der Waals surface area contributed by atoms with Crippen molar-refractivity contribution in [2.45, 2.75) is 52.6 Å². The van der Waals surface area contributed by atoms with Crippen molar-refractivity contribution in [1.82, 2.24) is 15.5 Å². The normalized spacial score (nSPS) is 13.4. The van der Waals surface area contributed by atoms with E-state index in [1.165, 1.54) is 24.0 Å². The number of fused-ring (bicyclic) bond motifs is 1. The summed E-state index contributed by atoms with van der Waals surface area (Å²) in [5.41, 5.74) is 2.56. The first-order valence-corrected chi connectivity index (χ1v) is 9.47. The summed E-state index contributed by atoms with van der Waals surface area (Å²) in [6.07, 6.45) is 3.74. The lowest BCUT2D eigenvalue weighted by atomic mass is 10.0. The van der Waals surface area contributed by atoms with Crippen molar-refractivity contribution in [3.8, 4) is 0 Å². The van der Waals surface area contributed by atoms with Gasteiger partial charge in [0.25, 0.3) is 0 Å². The Morgan fingerprint density at radius 2 is 1.77 bits per heavy atom. The molecule has 2 N–H and O–H groups in total. The summed E-state index contributed by atoms with van der Waals surface area (Å²) >= 11 is 0. The number of aliphatic imine (C=N–C) groups is 1. The highest BCUT2D eigenvalue weighted by molar-refractivity contribution is 14.0. The predicted octanol–water partition coefficient (Wildman–Crippen LogP) is 3.53. The van der Waals surface area contributed by atoms with Crippen LogP contribution in [0.2, 0.25) is 0 Å². The summed E-state index contributed by atoms with van der Waals surface area (Å²) in [6, 6.07) is 8.30. The van der Waals surface area contributed by atoms with Crippen LogP contribution in [0.25, 0.3) is 0 Å². The molecular formula is C20H33IN4O. The maximum absolute atomic E-state index is 12.4. The van der Waals surface area contributed by atoms with E-state index in [0.29, 0.717) is 12.3 Å². The van der Waals surface area contributed by atoms with Gasteiger partial charge in [0, 0.05) is 39.6 Å². The van der Waals surface area contributed by atoms with Gasteiger partial charge in [0.05, 0.1) is 0 Å². The largest absolute Gasteiger partial charge is 0.356 e. The fourth-order valence-corrected chi connectivity index (χ4v) is 3.15. The lowest BCUT2D eigenvalue weighted by Gasteiger charge is -2.17. The Bertz CT molecular complexity index is 562. The van der Waals surface area contributed by atoms with E-state index in [4.69, 9.17) is 0 Å². The zero-order chi connectivity index (χ0) is 18.1. The summed E-state index contributed by atoms with van der Waals surface area (Å²) in [5, 5.41) is 6.67. The maximum atomic E-state index is 12.4. The van der Waals surface area contributed by atoms with E-state index in [-0.39, 0.29) is 29.9 Å². The zero-order valence-electron chi connectivity index (χ0n) is 16.3. The number of guanidine groups is 1. The topological polar surface area (TPSA) is 56.7 Å². The molecule has 0 radical (unpaired) electrons. The number of carbonyl (C=O) groups is 1. The fraction of sp³-hybridized carbons (Fsp3) is 0.600. The first-order chi connectivity index (χ1) is 12.2. The number of halogens is 1. The number of hydrogen-bond acceptors (Lipinski definition) is 2. The van der Waals surface area contributed by atoms with Gasteiger partial charge in [0.1, 0.15) is 0 Å². The molecule has 0 bridgehead atoms. The number of amides is 1. The van der Waals surface area contributed by atoms with Crippen molar-refractivity contribution >= 4 is 35.8 Å². The number of hydrogen-bond donors (Lipinski definition) is 2. The van der Waals surface area contributed by atoms with Crippen LogP contribution in [0.15, 0.2) is 29.3 Å². The highest BCUT2D eigenvalue weighted by Gasteiger charge is 2.22. The highest BCUT2D eigenvalue weighted by atomic mass is 127. The minimum Gasteiger partial charge on any atom is -0.356 e. The smallest absolute Gasteiger partial charge is 0.223 e. The average molecular weight is 472 g/mol. The van der Waals surface area contributed by atoms with Crippen LogP contribution in [0.4, 0.5) is 0 Å². The molecule has 0 atom stereocenters. The third kappa shape index (κ3) is 6.78. The molecule has 26 heavy (non-hydrogen) atoms. The van der Waals surface area contributed by atoms with E-state index >= 15 is 0 Å². The molecule has 1 amide bonds. The molecule has 0 saturated heterocycles. The average Bonchev–Trinajstić information content (AvgIpc) is 3.08. The Morgan fingerprint density at radius 1 is 1.15 bits per heavy atom. The molecule has 6 heteroatoms. The van der Waals surface area contributed by atoms with E-state index in [9.17, 15) is 4.79 Å².